The lowest BCUT2D eigenvalue weighted by Gasteiger charge is -2.15. The number of nitrogens with zero attached hydrogens (tertiary/aromatic N) is 3. The van der Waals surface area contributed by atoms with Gasteiger partial charge in [-0.3, -0.25) is 19.7 Å². The highest BCUT2D eigenvalue weighted by molar-refractivity contribution is 7.15. The highest BCUT2D eigenvalue weighted by Crippen LogP contribution is 2.34. The third kappa shape index (κ3) is 5.31. The Morgan fingerprint density at radius 1 is 1.03 bits per heavy atom. The Hall–Kier alpha value is -3.59. The number of hydrogen-bond acceptors (Lipinski definition) is 6. The summed E-state index contributed by atoms with van der Waals surface area (Å²) in [4.78, 5) is 39.1. The van der Waals surface area contributed by atoms with Crippen LogP contribution in [0.15, 0.2) is 54.6 Å². The normalized spacial score (nSPS) is 15.6. The number of hydrogen-bond donors (Lipinski definition) is 2. The number of para-hydroxylation sites is 1. The second kappa shape index (κ2) is 10.6. The number of amides is 3. The van der Waals surface area contributed by atoms with Crippen molar-refractivity contribution in [2.45, 2.75) is 39.0 Å². The van der Waals surface area contributed by atoms with E-state index in [1.807, 2.05) is 44.2 Å². The Labute approximate surface area is 202 Å². The first-order chi connectivity index (χ1) is 16.5. The summed E-state index contributed by atoms with van der Waals surface area (Å²) >= 11 is 1.28. The van der Waals surface area contributed by atoms with E-state index in [1.54, 1.807) is 29.2 Å². The SMILES string of the molecule is CCC(CC)C(=O)Nc1ccc(C(=O)Nc2nnc(C3CC(=O)N(c4ccccc4)C3)s2)cc1. The molecule has 34 heavy (non-hydrogen) atoms. The maximum absolute atomic E-state index is 12.6. The van der Waals surface area contributed by atoms with Crippen molar-refractivity contribution in [3.63, 3.8) is 0 Å². The number of nitrogens with one attached hydrogen (secondary N) is 2. The summed E-state index contributed by atoms with van der Waals surface area (Å²) in [5.74, 6) is -0.361. The minimum absolute atomic E-state index is 0.0141. The third-order valence-corrected chi connectivity index (χ3v) is 6.98. The van der Waals surface area contributed by atoms with Gasteiger partial charge >= 0.3 is 0 Å². The molecule has 1 aliphatic rings. The van der Waals surface area contributed by atoms with Crippen molar-refractivity contribution >= 4 is 45.6 Å². The first kappa shape index (κ1) is 23.6. The molecule has 1 fully saturated rings. The number of benzene rings is 2. The zero-order valence-corrected chi connectivity index (χ0v) is 20.0. The zero-order chi connectivity index (χ0) is 24.1. The molecule has 8 nitrogen and oxygen atoms in total. The molecule has 9 heteroatoms. The molecule has 1 atom stereocenters. The summed E-state index contributed by atoms with van der Waals surface area (Å²) in [5, 5.41) is 15.1. The fraction of sp³-hybridized carbons (Fsp3) is 0.320. The quantitative estimate of drug-likeness (QED) is 0.490. The first-order valence-corrected chi connectivity index (χ1v) is 12.2. The summed E-state index contributed by atoms with van der Waals surface area (Å²) in [6, 6.07) is 16.3. The van der Waals surface area contributed by atoms with Crippen molar-refractivity contribution in [1.29, 1.82) is 0 Å². The second-order valence-corrected chi connectivity index (χ2v) is 9.23. The Kier molecular flexibility index (Phi) is 7.32. The van der Waals surface area contributed by atoms with Crippen LogP contribution in [0.2, 0.25) is 0 Å². The van der Waals surface area contributed by atoms with Crippen LogP contribution in [0.3, 0.4) is 0 Å². The molecule has 2 heterocycles. The minimum atomic E-state index is -0.311. The molecular formula is C25H27N5O3S. The molecule has 0 radical (unpaired) electrons. The summed E-state index contributed by atoms with van der Waals surface area (Å²) < 4.78 is 0. The molecule has 0 spiro atoms. The van der Waals surface area contributed by atoms with Gasteiger partial charge < -0.3 is 10.2 Å². The Bertz CT molecular complexity index is 1160. The molecule has 0 bridgehead atoms. The van der Waals surface area contributed by atoms with Crippen LogP contribution < -0.4 is 15.5 Å². The molecule has 4 rings (SSSR count). The molecule has 3 aromatic rings. The molecule has 1 aliphatic heterocycles. The van der Waals surface area contributed by atoms with E-state index >= 15 is 0 Å². The molecule has 1 unspecified atom stereocenters. The maximum atomic E-state index is 12.6. The van der Waals surface area contributed by atoms with Crippen molar-refractivity contribution in [2.24, 2.45) is 5.92 Å². The number of aromatic nitrogens is 2. The summed E-state index contributed by atoms with van der Waals surface area (Å²) in [5.41, 5.74) is 1.97. The predicted molar refractivity (Wildman–Crippen MR) is 133 cm³/mol. The van der Waals surface area contributed by atoms with Gasteiger partial charge in [-0.25, -0.2) is 0 Å². The van der Waals surface area contributed by atoms with Crippen LogP contribution in [-0.4, -0.2) is 34.5 Å². The van der Waals surface area contributed by atoms with Crippen molar-refractivity contribution in [3.05, 3.63) is 65.2 Å². The van der Waals surface area contributed by atoms with Crippen LogP contribution in [0, 0.1) is 5.92 Å². The highest BCUT2D eigenvalue weighted by Gasteiger charge is 2.33. The van der Waals surface area contributed by atoms with Crippen LogP contribution in [-0.2, 0) is 9.59 Å². The standard InChI is InChI=1S/C25H27N5O3S/c1-3-16(4-2)22(32)26-19-12-10-17(11-13-19)23(33)27-25-29-28-24(34-25)18-14-21(31)30(15-18)20-8-6-5-7-9-20/h5-13,16,18H,3-4,14-15H2,1-2H3,(H,26,32)(H,27,29,33). The Balaban J connectivity index is 1.35. The second-order valence-electron chi connectivity index (χ2n) is 8.22. The monoisotopic (exact) mass is 477 g/mol. The minimum Gasteiger partial charge on any atom is -0.326 e. The fourth-order valence-corrected chi connectivity index (χ4v) is 4.79. The number of anilines is 3. The maximum Gasteiger partial charge on any atom is 0.257 e. The average Bonchev–Trinajstić information content (AvgIpc) is 3.47. The van der Waals surface area contributed by atoms with Crippen molar-refractivity contribution in [3.8, 4) is 0 Å². The van der Waals surface area contributed by atoms with Gasteiger partial charge in [-0.1, -0.05) is 43.4 Å². The van der Waals surface area contributed by atoms with E-state index in [9.17, 15) is 14.4 Å². The number of rotatable bonds is 8. The van der Waals surface area contributed by atoms with Crippen LogP contribution in [0.1, 0.15) is 54.4 Å². The smallest absolute Gasteiger partial charge is 0.257 e. The van der Waals surface area contributed by atoms with Gasteiger partial charge in [0.05, 0.1) is 0 Å². The van der Waals surface area contributed by atoms with Gasteiger partial charge in [0.2, 0.25) is 16.9 Å². The van der Waals surface area contributed by atoms with E-state index in [2.05, 4.69) is 20.8 Å². The Morgan fingerprint density at radius 2 is 1.74 bits per heavy atom. The topological polar surface area (TPSA) is 104 Å². The van der Waals surface area contributed by atoms with Gasteiger partial charge in [0.1, 0.15) is 5.01 Å². The summed E-state index contributed by atoms with van der Waals surface area (Å²) in [7, 11) is 0. The summed E-state index contributed by atoms with van der Waals surface area (Å²) in [6.07, 6.45) is 1.93. The first-order valence-electron chi connectivity index (χ1n) is 11.4. The van der Waals surface area contributed by atoms with Crippen molar-refractivity contribution in [2.75, 3.05) is 22.1 Å². The zero-order valence-electron chi connectivity index (χ0n) is 19.2. The van der Waals surface area contributed by atoms with E-state index in [0.717, 1.165) is 23.5 Å². The predicted octanol–water partition coefficient (Wildman–Crippen LogP) is 4.69. The lowest BCUT2D eigenvalue weighted by molar-refractivity contribution is -0.120. The molecule has 1 aromatic heterocycles. The molecule has 1 saturated heterocycles. The van der Waals surface area contributed by atoms with E-state index < -0.39 is 0 Å². The van der Waals surface area contributed by atoms with E-state index in [4.69, 9.17) is 0 Å². The average molecular weight is 478 g/mol. The van der Waals surface area contributed by atoms with Crippen LogP contribution in [0.4, 0.5) is 16.5 Å². The van der Waals surface area contributed by atoms with E-state index in [1.165, 1.54) is 11.3 Å². The molecule has 0 aliphatic carbocycles. The lowest BCUT2D eigenvalue weighted by Crippen LogP contribution is -2.24. The van der Waals surface area contributed by atoms with Crippen molar-refractivity contribution in [1.82, 2.24) is 10.2 Å². The molecule has 2 aromatic carbocycles. The number of carbonyl (C=O) groups is 3. The van der Waals surface area contributed by atoms with Crippen LogP contribution >= 0.6 is 11.3 Å². The van der Waals surface area contributed by atoms with Crippen LogP contribution in [0.5, 0.6) is 0 Å². The van der Waals surface area contributed by atoms with Gasteiger partial charge in [-0.15, -0.1) is 10.2 Å². The largest absolute Gasteiger partial charge is 0.326 e. The lowest BCUT2D eigenvalue weighted by atomic mass is 10.0. The molecular weight excluding hydrogens is 450 g/mol. The fourth-order valence-electron chi connectivity index (χ4n) is 3.96. The molecule has 176 valence electrons. The van der Waals surface area contributed by atoms with Crippen LogP contribution in [0.25, 0.3) is 0 Å². The molecule has 2 N–H and O–H groups in total. The van der Waals surface area contributed by atoms with Crippen molar-refractivity contribution < 1.29 is 14.4 Å². The molecule has 0 saturated carbocycles. The highest BCUT2D eigenvalue weighted by atomic mass is 32.1. The third-order valence-electron chi connectivity index (χ3n) is 5.97. The van der Waals surface area contributed by atoms with E-state index in [-0.39, 0.29) is 29.6 Å². The Morgan fingerprint density at radius 3 is 2.41 bits per heavy atom. The van der Waals surface area contributed by atoms with E-state index in [0.29, 0.717) is 29.3 Å². The van der Waals surface area contributed by atoms with Gasteiger partial charge in [-0.2, -0.15) is 0 Å². The van der Waals surface area contributed by atoms with Gasteiger partial charge in [0.15, 0.2) is 0 Å². The van der Waals surface area contributed by atoms with Gasteiger partial charge in [-0.05, 0) is 49.2 Å². The molecule has 3 amide bonds. The number of carbonyl (C=O) groups excluding carboxylic acids is 3. The van der Waals surface area contributed by atoms with Gasteiger partial charge in [0.25, 0.3) is 5.91 Å². The van der Waals surface area contributed by atoms with Gasteiger partial charge in [0, 0.05) is 41.7 Å². The summed E-state index contributed by atoms with van der Waals surface area (Å²) in [6.45, 7) is 4.52.